The molecule has 3 rings (SSSR count). The molecule has 2 N–H and O–H groups in total. The Morgan fingerprint density at radius 3 is 2.48 bits per heavy atom. The summed E-state index contributed by atoms with van der Waals surface area (Å²) >= 11 is 12.0. The summed E-state index contributed by atoms with van der Waals surface area (Å²) in [5.41, 5.74) is 3.18. The second-order valence-corrected chi connectivity index (χ2v) is 5.76. The number of hydrogen-bond acceptors (Lipinski definition) is 3. The molecule has 6 nitrogen and oxygen atoms in total. The van der Waals surface area contributed by atoms with Gasteiger partial charge in [0.05, 0.1) is 22.5 Å². The molecule has 126 valence electrons. The Bertz CT molecular complexity index is 993. The van der Waals surface area contributed by atoms with Gasteiger partial charge in [-0.1, -0.05) is 53.5 Å². The van der Waals surface area contributed by atoms with E-state index < -0.39 is 11.6 Å². The lowest BCUT2D eigenvalue weighted by Gasteiger charge is -2.04. The number of aromatic nitrogens is 2. The van der Waals surface area contributed by atoms with Gasteiger partial charge in [0.1, 0.15) is 10.8 Å². The third kappa shape index (κ3) is 3.65. The van der Waals surface area contributed by atoms with E-state index in [9.17, 15) is 9.59 Å². The Labute approximate surface area is 152 Å². The van der Waals surface area contributed by atoms with Crippen molar-refractivity contribution in [2.75, 3.05) is 0 Å². The van der Waals surface area contributed by atoms with Crippen molar-refractivity contribution in [2.45, 2.75) is 0 Å². The minimum Gasteiger partial charge on any atom is -0.296 e. The Morgan fingerprint density at radius 2 is 1.76 bits per heavy atom. The standard InChI is InChI=1S/C17H12Cl2N4O2/c18-13-9-5-4-8-12(13)16(24)22-20-10-14-15(19)21-17(25)23(14)11-6-2-1-3-7-11/h1-10H,(H,21,25)(H,22,24)/b20-10+. The van der Waals surface area contributed by atoms with Gasteiger partial charge in [0.2, 0.25) is 0 Å². The number of benzene rings is 2. The van der Waals surface area contributed by atoms with E-state index in [1.807, 2.05) is 6.07 Å². The average Bonchev–Trinajstić information content (AvgIpc) is 2.89. The van der Waals surface area contributed by atoms with Crippen molar-refractivity contribution < 1.29 is 4.79 Å². The fraction of sp³-hybridized carbons (Fsp3) is 0. The second kappa shape index (κ2) is 7.38. The maximum atomic E-state index is 12.1. The molecule has 0 saturated carbocycles. The molecule has 2 aromatic carbocycles. The molecule has 0 atom stereocenters. The topological polar surface area (TPSA) is 79.2 Å². The van der Waals surface area contributed by atoms with Gasteiger partial charge >= 0.3 is 5.69 Å². The zero-order chi connectivity index (χ0) is 17.8. The predicted molar refractivity (Wildman–Crippen MR) is 97.9 cm³/mol. The first-order chi connectivity index (χ1) is 12.1. The highest BCUT2D eigenvalue weighted by atomic mass is 35.5. The number of aromatic amines is 1. The van der Waals surface area contributed by atoms with Crippen LogP contribution in [-0.4, -0.2) is 21.7 Å². The molecule has 0 radical (unpaired) electrons. The maximum Gasteiger partial charge on any atom is 0.331 e. The van der Waals surface area contributed by atoms with Crippen LogP contribution in [0.3, 0.4) is 0 Å². The first-order valence-electron chi connectivity index (χ1n) is 7.22. The fourth-order valence-corrected chi connectivity index (χ4v) is 2.66. The normalized spacial score (nSPS) is 11.0. The highest BCUT2D eigenvalue weighted by Crippen LogP contribution is 2.15. The molecule has 0 unspecified atom stereocenters. The SMILES string of the molecule is O=C(N/N=C/c1c(Cl)[nH]c(=O)n1-c1ccccc1)c1ccccc1Cl. The van der Waals surface area contributed by atoms with Gasteiger partial charge in [0.15, 0.2) is 0 Å². The van der Waals surface area contributed by atoms with Crippen LogP contribution in [0.4, 0.5) is 0 Å². The number of carbonyl (C=O) groups excluding carboxylic acids is 1. The molecule has 25 heavy (non-hydrogen) atoms. The first-order valence-corrected chi connectivity index (χ1v) is 7.97. The molecule has 0 aliphatic carbocycles. The maximum absolute atomic E-state index is 12.1. The molecule has 0 aliphatic heterocycles. The van der Waals surface area contributed by atoms with E-state index in [0.29, 0.717) is 22.0 Å². The van der Waals surface area contributed by atoms with Crippen molar-refractivity contribution in [3.05, 3.63) is 86.5 Å². The van der Waals surface area contributed by atoms with Crippen LogP contribution < -0.4 is 11.1 Å². The van der Waals surface area contributed by atoms with Crippen LogP contribution in [0.5, 0.6) is 0 Å². The number of nitrogens with zero attached hydrogens (tertiary/aromatic N) is 2. The Balaban J connectivity index is 1.87. The summed E-state index contributed by atoms with van der Waals surface area (Å²) in [7, 11) is 0. The first kappa shape index (κ1) is 17.0. The summed E-state index contributed by atoms with van der Waals surface area (Å²) in [5.74, 6) is -0.470. The van der Waals surface area contributed by atoms with Crippen LogP contribution in [-0.2, 0) is 0 Å². The number of imidazole rings is 1. The molecule has 0 aliphatic rings. The van der Waals surface area contributed by atoms with Crippen LogP contribution in [0.2, 0.25) is 10.2 Å². The zero-order valence-corrected chi connectivity index (χ0v) is 14.3. The summed E-state index contributed by atoms with van der Waals surface area (Å²) in [6.07, 6.45) is 1.29. The van der Waals surface area contributed by atoms with Crippen molar-refractivity contribution in [3.8, 4) is 5.69 Å². The number of nitrogens with one attached hydrogen (secondary N) is 2. The van der Waals surface area contributed by atoms with Crippen molar-refractivity contribution in [3.63, 3.8) is 0 Å². The Kier molecular flexibility index (Phi) is 5.02. The number of hydrogen-bond donors (Lipinski definition) is 2. The van der Waals surface area contributed by atoms with Gasteiger partial charge < -0.3 is 0 Å². The molecule has 0 bridgehead atoms. The third-order valence-corrected chi connectivity index (χ3v) is 3.99. The quantitative estimate of drug-likeness (QED) is 0.542. The van der Waals surface area contributed by atoms with Crippen LogP contribution >= 0.6 is 23.2 Å². The van der Waals surface area contributed by atoms with Gasteiger partial charge in [0.25, 0.3) is 5.91 Å². The van der Waals surface area contributed by atoms with E-state index in [2.05, 4.69) is 15.5 Å². The Hall–Kier alpha value is -2.83. The molecular weight excluding hydrogens is 363 g/mol. The van der Waals surface area contributed by atoms with Crippen LogP contribution in [0, 0.1) is 0 Å². The summed E-state index contributed by atoms with van der Waals surface area (Å²) in [6, 6.07) is 15.5. The zero-order valence-electron chi connectivity index (χ0n) is 12.7. The third-order valence-electron chi connectivity index (χ3n) is 3.37. The van der Waals surface area contributed by atoms with Crippen molar-refractivity contribution in [2.24, 2.45) is 5.10 Å². The Morgan fingerprint density at radius 1 is 1.08 bits per heavy atom. The summed E-state index contributed by atoms with van der Waals surface area (Å²) in [6.45, 7) is 0. The molecule has 1 amide bonds. The predicted octanol–water partition coefficient (Wildman–Crippen LogP) is 3.24. The van der Waals surface area contributed by atoms with Gasteiger partial charge in [-0.2, -0.15) is 5.10 Å². The van der Waals surface area contributed by atoms with Gasteiger partial charge in [-0.25, -0.2) is 10.2 Å². The molecule has 0 fully saturated rings. The number of halogens is 2. The summed E-state index contributed by atoms with van der Waals surface area (Å²) in [4.78, 5) is 26.7. The average molecular weight is 375 g/mol. The summed E-state index contributed by atoms with van der Waals surface area (Å²) in [5, 5.41) is 4.30. The number of H-pyrrole nitrogens is 1. The number of amides is 1. The number of hydrazone groups is 1. The molecule has 0 saturated heterocycles. The lowest BCUT2D eigenvalue weighted by atomic mass is 10.2. The molecular formula is C17H12Cl2N4O2. The van der Waals surface area contributed by atoms with Gasteiger partial charge in [0, 0.05) is 0 Å². The number of rotatable bonds is 4. The smallest absolute Gasteiger partial charge is 0.296 e. The van der Waals surface area contributed by atoms with E-state index >= 15 is 0 Å². The number of para-hydroxylation sites is 1. The van der Waals surface area contributed by atoms with Crippen molar-refractivity contribution >= 4 is 35.3 Å². The van der Waals surface area contributed by atoms with Crippen LogP contribution in [0.15, 0.2) is 64.5 Å². The van der Waals surface area contributed by atoms with E-state index in [0.717, 1.165) is 0 Å². The minimum absolute atomic E-state index is 0.115. The van der Waals surface area contributed by atoms with Crippen LogP contribution in [0.25, 0.3) is 5.69 Å². The van der Waals surface area contributed by atoms with Crippen LogP contribution in [0.1, 0.15) is 16.1 Å². The van der Waals surface area contributed by atoms with Crippen molar-refractivity contribution in [1.82, 2.24) is 15.0 Å². The van der Waals surface area contributed by atoms with Gasteiger partial charge in [-0.3, -0.25) is 14.3 Å². The summed E-state index contributed by atoms with van der Waals surface area (Å²) < 4.78 is 1.35. The highest BCUT2D eigenvalue weighted by Gasteiger charge is 2.13. The molecule has 3 aromatic rings. The van der Waals surface area contributed by atoms with Gasteiger partial charge in [-0.05, 0) is 24.3 Å². The van der Waals surface area contributed by atoms with E-state index in [-0.39, 0.29) is 5.15 Å². The van der Waals surface area contributed by atoms with E-state index in [1.165, 1.54) is 10.8 Å². The minimum atomic E-state index is -0.470. The number of carbonyl (C=O) groups is 1. The molecule has 8 heteroatoms. The van der Waals surface area contributed by atoms with Gasteiger partial charge in [-0.15, -0.1) is 0 Å². The highest BCUT2D eigenvalue weighted by molar-refractivity contribution is 6.33. The monoisotopic (exact) mass is 374 g/mol. The van der Waals surface area contributed by atoms with Crippen molar-refractivity contribution in [1.29, 1.82) is 0 Å². The fourth-order valence-electron chi connectivity index (χ4n) is 2.23. The van der Waals surface area contributed by atoms with E-state index in [4.69, 9.17) is 23.2 Å². The lowest BCUT2D eigenvalue weighted by molar-refractivity contribution is 0.0955. The lowest BCUT2D eigenvalue weighted by Crippen LogP contribution is -2.19. The molecule has 1 aromatic heterocycles. The van der Waals surface area contributed by atoms with E-state index in [1.54, 1.807) is 48.5 Å². The molecule has 1 heterocycles. The molecule has 0 spiro atoms. The largest absolute Gasteiger partial charge is 0.331 e. The second-order valence-electron chi connectivity index (χ2n) is 4.98.